The first kappa shape index (κ1) is 26.6. The van der Waals surface area contributed by atoms with Crippen LogP contribution in [0.25, 0.3) is 0 Å². The maximum Gasteiger partial charge on any atom is 0.272 e. The van der Waals surface area contributed by atoms with Crippen molar-refractivity contribution >= 4 is 46.4 Å². The van der Waals surface area contributed by atoms with Crippen LogP contribution in [0.5, 0.6) is 11.5 Å². The molecule has 0 aliphatic carbocycles. The first-order chi connectivity index (χ1) is 18.3. The fourth-order valence-electron chi connectivity index (χ4n) is 3.87. The minimum Gasteiger partial charge on any atom is -0.497 e. The summed E-state index contributed by atoms with van der Waals surface area (Å²) in [6.07, 6.45) is -0.337. The van der Waals surface area contributed by atoms with Crippen molar-refractivity contribution in [3.63, 3.8) is 0 Å². The van der Waals surface area contributed by atoms with Crippen LogP contribution in [0.2, 0.25) is 0 Å². The monoisotopic (exact) mass is 536 g/mol. The molecule has 1 aliphatic rings. The molecule has 0 spiro atoms. The molecule has 0 bridgehead atoms. The van der Waals surface area contributed by atoms with Crippen molar-refractivity contribution in [3.05, 3.63) is 84.2 Å². The average Bonchev–Trinajstić information content (AvgIpc) is 3.14. The van der Waals surface area contributed by atoms with Crippen LogP contribution in [0.1, 0.15) is 23.7 Å². The van der Waals surface area contributed by atoms with E-state index in [4.69, 9.17) is 21.7 Å². The normalized spacial score (nSPS) is 14.9. The smallest absolute Gasteiger partial charge is 0.272 e. The number of anilines is 2. The maximum absolute atomic E-state index is 14.3. The van der Waals surface area contributed by atoms with Gasteiger partial charge in [-0.15, -0.1) is 0 Å². The molecule has 3 aromatic carbocycles. The number of ether oxygens (including phenoxy) is 2. The molecule has 11 heteroatoms. The van der Waals surface area contributed by atoms with Crippen LogP contribution in [0.15, 0.2) is 72.8 Å². The molecule has 0 aromatic heterocycles. The highest BCUT2D eigenvalue weighted by Gasteiger charge is 2.45. The number of hydrazine groups is 1. The largest absolute Gasteiger partial charge is 0.497 e. The van der Waals surface area contributed by atoms with Crippen molar-refractivity contribution < 1.29 is 28.2 Å². The van der Waals surface area contributed by atoms with Gasteiger partial charge in [-0.25, -0.2) is 9.40 Å². The fourth-order valence-corrected chi connectivity index (χ4v) is 4.24. The Bertz CT molecular complexity index is 1350. The van der Waals surface area contributed by atoms with Gasteiger partial charge >= 0.3 is 0 Å². The molecule has 38 heavy (non-hydrogen) atoms. The van der Waals surface area contributed by atoms with Gasteiger partial charge in [0.1, 0.15) is 23.4 Å². The molecule has 3 aromatic rings. The van der Waals surface area contributed by atoms with Crippen molar-refractivity contribution in [2.75, 3.05) is 23.9 Å². The molecule has 1 atom stereocenters. The number of hydrogen-bond acceptors (Lipinski definition) is 6. The Hall–Kier alpha value is -4.51. The number of carbonyl (C=O) groups excluding carboxylic acids is 3. The highest BCUT2D eigenvalue weighted by molar-refractivity contribution is 7.80. The number of benzene rings is 3. The SMILES string of the molecule is CCOc1ccc(NC(=O)CC2C(=O)N(c3ccc(OC)cc3)C(=S)N2NC(=O)c2ccccc2F)cc1. The molecule has 3 amide bonds. The molecule has 1 fully saturated rings. The zero-order chi connectivity index (χ0) is 27.2. The average molecular weight is 537 g/mol. The van der Waals surface area contributed by atoms with Crippen LogP contribution in [-0.2, 0) is 9.59 Å². The molecule has 4 rings (SSSR count). The molecule has 9 nitrogen and oxygen atoms in total. The summed E-state index contributed by atoms with van der Waals surface area (Å²) >= 11 is 5.53. The van der Waals surface area contributed by atoms with Gasteiger partial charge in [0.25, 0.3) is 11.8 Å². The van der Waals surface area contributed by atoms with Gasteiger partial charge in [0, 0.05) is 5.69 Å². The van der Waals surface area contributed by atoms with Crippen molar-refractivity contribution in [3.8, 4) is 11.5 Å². The number of methoxy groups -OCH3 is 1. The lowest BCUT2D eigenvalue weighted by Crippen LogP contribution is -2.50. The van der Waals surface area contributed by atoms with Gasteiger partial charge in [-0.1, -0.05) is 12.1 Å². The van der Waals surface area contributed by atoms with Gasteiger partial charge < -0.3 is 14.8 Å². The predicted molar refractivity (Wildman–Crippen MR) is 143 cm³/mol. The number of thiocarbonyl (C=S) groups is 1. The molecule has 0 saturated carbocycles. The number of nitrogens with one attached hydrogen (secondary N) is 2. The van der Waals surface area contributed by atoms with Crippen LogP contribution in [0.3, 0.4) is 0 Å². The van der Waals surface area contributed by atoms with E-state index in [-0.39, 0.29) is 17.1 Å². The summed E-state index contributed by atoms with van der Waals surface area (Å²) in [7, 11) is 1.51. The number of nitrogens with zero attached hydrogens (tertiary/aromatic N) is 2. The molecule has 0 radical (unpaired) electrons. The van der Waals surface area contributed by atoms with Gasteiger partial charge in [0.2, 0.25) is 11.0 Å². The third-order valence-corrected chi connectivity index (χ3v) is 6.09. The zero-order valence-corrected chi connectivity index (χ0v) is 21.5. The second-order valence-electron chi connectivity index (χ2n) is 8.17. The van der Waals surface area contributed by atoms with E-state index in [0.29, 0.717) is 29.5 Å². The van der Waals surface area contributed by atoms with Crippen LogP contribution in [0.4, 0.5) is 15.8 Å². The van der Waals surface area contributed by atoms with Crippen LogP contribution in [-0.4, -0.2) is 47.6 Å². The Morgan fingerprint density at radius 3 is 2.29 bits per heavy atom. The zero-order valence-electron chi connectivity index (χ0n) is 20.6. The van der Waals surface area contributed by atoms with Crippen molar-refractivity contribution in [2.45, 2.75) is 19.4 Å². The maximum atomic E-state index is 14.3. The molecule has 1 unspecified atom stereocenters. The summed E-state index contributed by atoms with van der Waals surface area (Å²) in [5.41, 5.74) is 3.19. The van der Waals surface area contributed by atoms with Gasteiger partial charge in [-0.3, -0.25) is 24.7 Å². The number of carbonyl (C=O) groups is 3. The molecular formula is C27H25FN4O5S. The molecule has 1 saturated heterocycles. The van der Waals surface area contributed by atoms with Gasteiger partial charge in [-0.2, -0.15) is 0 Å². The van der Waals surface area contributed by atoms with Gasteiger partial charge in [0.05, 0.1) is 31.4 Å². The molecule has 196 valence electrons. The van der Waals surface area contributed by atoms with E-state index in [1.807, 2.05) is 6.92 Å². The summed E-state index contributed by atoms with van der Waals surface area (Å²) in [6.45, 7) is 2.37. The standard InChI is InChI=1S/C27H25FN4O5S/c1-3-37-20-12-8-17(9-13-20)29-24(33)16-23-26(35)31(18-10-14-19(36-2)15-11-18)27(38)32(23)30-25(34)21-6-4-5-7-22(21)28/h4-15,23H,3,16H2,1-2H3,(H,29,33)(H,30,34). The highest BCUT2D eigenvalue weighted by Crippen LogP contribution is 2.28. The number of rotatable bonds is 9. The lowest BCUT2D eigenvalue weighted by Gasteiger charge is -2.24. The minimum absolute atomic E-state index is 0.0660. The molecule has 1 heterocycles. The van der Waals surface area contributed by atoms with E-state index >= 15 is 0 Å². The van der Waals surface area contributed by atoms with E-state index in [1.165, 1.54) is 30.2 Å². The van der Waals surface area contributed by atoms with Crippen LogP contribution < -0.4 is 25.1 Å². The van der Waals surface area contributed by atoms with Crippen molar-refractivity contribution in [1.82, 2.24) is 10.4 Å². The highest BCUT2D eigenvalue weighted by atomic mass is 32.1. The predicted octanol–water partition coefficient (Wildman–Crippen LogP) is 3.91. The Labute approximate surface area is 224 Å². The van der Waals surface area contributed by atoms with E-state index in [0.717, 1.165) is 11.1 Å². The summed E-state index contributed by atoms with van der Waals surface area (Å²) in [5, 5.41) is 3.79. The lowest BCUT2D eigenvalue weighted by molar-refractivity contribution is -0.124. The summed E-state index contributed by atoms with van der Waals surface area (Å²) < 4.78 is 24.8. The fraction of sp³-hybridized carbons (Fsp3) is 0.185. The van der Waals surface area contributed by atoms with Gasteiger partial charge in [-0.05, 0) is 79.8 Å². The minimum atomic E-state index is -1.18. The second-order valence-corrected chi connectivity index (χ2v) is 8.54. The molecule has 1 aliphatic heterocycles. The number of halogens is 1. The van der Waals surface area contributed by atoms with Crippen molar-refractivity contribution in [1.29, 1.82) is 0 Å². The number of hydrogen-bond donors (Lipinski definition) is 2. The van der Waals surface area contributed by atoms with E-state index in [9.17, 15) is 18.8 Å². The Kier molecular flexibility index (Phi) is 8.17. The Morgan fingerprint density at radius 2 is 1.66 bits per heavy atom. The quantitative estimate of drug-likeness (QED) is 0.400. The first-order valence-corrected chi connectivity index (χ1v) is 12.1. The summed E-state index contributed by atoms with van der Waals surface area (Å²) in [6, 6.07) is 17.6. The Balaban J connectivity index is 1.58. The third-order valence-electron chi connectivity index (χ3n) is 5.71. The van der Waals surface area contributed by atoms with Crippen molar-refractivity contribution in [2.24, 2.45) is 0 Å². The molecular weight excluding hydrogens is 511 g/mol. The first-order valence-electron chi connectivity index (χ1n) is 11.7. The third kappa shape index (κ3) is 5.73. The van der Waals surface area contributed by atoms with E-state index in [2.05, 4.69) is 10.7 Å². The van der Waals surface area contributed by atoms with Crippen LogP contribution >= 0.6 is 12.2 Å². The lowest BCUT2D eigenvalue weighted by atomic mass is 10.1. The van der Waals surface area contributed by atoms with E-state index in [1.54, 1.807) is 48.5 Å². The summed E-state index contributed by atoms with van der Waals surface area (Å²) in [5.74, 6) is -1.35. The topological polar surface area (TPSA) is 100 Å². The number of amides is 3. The molecule has 2 N–H and O–H groups in total. The van der Waals surface area contributed by atoms with Gasteiger partial charge in [0.15, 0.2) is 0 Å². The van der Waals surface area contributed by atoms with Crippen LogP contribution in [0, 0.1) is 5.82 Å². The van der Waals surface area contributed by atoms with E-state index < -0.39 is 29.6 Å². The Morgan fingerprint density at radius 1 is 1.00 bits per heavy atom. The second kappa shape index (κ2) is 11.7. The summed E-state index contributed by atoms with van der Waals surface area (Å²) in [4.78, 5) is 40.6.